The van der Waals surface area contributed by atoms with Gasteiger partial charge in [-0.15, -0.1) is 0 Å². The van der Waals surface area contributed by atoms with E-state index in [0.717, 1.165) is 11.3 Å². The number of amides is 4. The van der Waals surface area contributed by atoms with Crippen molar-refractivity contribution in [3.63, 3.8) is 0 Å². The van der Waals surface area contributed by atoms with Crippen LogP contribution in [0.5, 0.6) is 0 Å². The van der Waals surface area contributed by atoms with E-state index in [1.165, 1.54) is 7.05 Å². The third-order valence-corrected chi connectivity index (χ3v) is 2.30. The number of nitrogens with two attached hydrogens (primary N) is 1. The zero-order chi connectivity index (χ0) is 15.7. The summed E-state index contributed by atoms with van der Waals surface area (Å²) in [6.07, 6.45) is 0.248. The lowest BCUT2D eigenvalue weighted by Gasteiger charge is -2.20. The van der Waals surface area contributed by atoms with Crippen LogP contribution in [0.4, 0.5) is 4.79 Å². The van der Waals surface area contributed by atoms with Crippen LogP contribution >= 0.6 is 0 Å². The molecular weight excluding hydrogens is 268 g/mol. The average Bonchev–Trinajstić information content (AvgIpc) is 2.34. The molecule has 0 radical (unpaired) electrons. The molecule has 4 amide bonds. The maximum atomic E-state index is 11.7. The minimum absolute atomic E-state index is 0.214. The number of primary amides is 1. The van der Waals surface area contributed by atoms with Crippen molar-refractivity contribution in [2.75, 3.05) is 20.1 Å². The molecule has 20 heavy (non-hydrogen) atoms. The van der Waals surface area contributed by atoms with E-state index in [1.54, 1.807) is 0 Å². The predicted octanol–water partition coefficient (Wildman–Crippen LogP) is -1.52. The standard InChI is InChI=1S/C11H20N4O5/c1-3-4-13-9(17)6-15(2)11(20)14-7(10(18)19)5-8(12)16/h7H,3-6H2,1-2H3,(H2,12,16)(H,13,17)(H,14,20)(H,18,19)/t7-/m1/s1. The van der Waals surface area contributed by atoms with E-state index in [4.69, 9.17) is 10.8 Å². The lowest BCUT2D eigenvalue weighted by Crippen LogP contribution is -2.50. The number of hydrogen-bond donors (Lipinski definition) is 4. The highest BCUT2D eigenvalue weighted by Gasteiger charge is 2.24. The molecule has 1 atom stereocenters. The first-order valence-electron chi connectivity index (χ1n) is 6.07. The molecule has 0 bridgehead atoms. The van der Waals surface area contributed by atoms with E-state index >= 15 is 0 Å². The summed E-state index contributed by atoms with van der Waals surface area (Å²) in [5, 5.41) is 13.5. The summed E-state index contributed by atoms with van der Waals surface area (Å²) in [6, 6.07) is -2.19. The van der Waals surface area contributed by atoms with Crippen molar-refractivity contribution in [2.24, 2.45) is 5.73 Å². The Morgan fingerprint density at radius 1 is 1.30 bits per heavy atom. The second kappa shape index (κ2) is 8.73. The summed E-state index contributed by atoms with van der Waals surface area (Å²) in [4.78, 5) is 45.6. The number of carboxylic acids is 1. The number of rotatable bonds is 8. The van der Waals surface area contributed by atoms with Crippen LogP contribution < -0.4 is 16.4 Å². The van der Waals surface area contributed by atoms with Gasteiger partial charge >= 0.3 is 12.0 Å². The quantitative estimate of drug-likeness (QED) is 0.429. The number of nitrogens with zero attached hydrogens (tertiary/aromatic N) is 1. The highest BCUT2D eigenvalue weighted by molar-refractivity contribution is 5.89. The lowest BCUT2D eigenvalue weighted by atomic mass is 10.2. The normalized spacial score (nSPS) is 11.3. The Balaban J connectivity index is 4.38. The van der Waals surface area contributed by atoms with E-state index in [0.29, 0.717) is 6.54 Å². The van der Waals surface area contributed by atoms with Crippen molar-refractivity contribution in [1.82, 2.24) is 15.5 Å². The van der Waals surface area contributed by atoms with Gasteiger partial charge < -0.3 is 26.4 Å². The SMILES string of the molecule is CCCNC(=O)CN(C)C(=O)N[C@H](CC(N)=O)C(=O)O. The highest BCUT2D eigenvalue weighted by Crippen LogP contribution is 1.94. The Morgan fingerprint density at radius 2 is 1.90 bits per heavy atom. The molecule has 0 fully saturated rings. The Hall–Kier alpha value is -2.32. The van der Waals surface area contributed by atoms with Crippen LogP contribution in [0.25, 0.3) is 0 Å². The van der Waals surface area contributed by atoms with Gasteiger partial charge in [0.15, 0.2) is 0 Å². The van der Waals surface area contributed by atoms with E-state index in [2.05, 4.69) is 10.6 Å². The fraction of sp³-hybridized carbons (Fsp3) is 0.636. The minimum atomic E-state index is -1.42. The number of hydrogen-bond acceptors (Lipinski definition) is 4. The molecule has 0 aliphatic rings. The molecule has 0 aromatic rings. The minimum Gasteiger partial charge on any atom is -0.480 e. The van der Waals surface area contributed by atoms with Crippen molar-refractivity contribution >= 4 is 23.8 Å². The van der Waals surface area contributed by atoms with Gasteiger partial charge in [0.05, 0.1) is 6.42 Å². The summed E-state index contributed by atoms with van der Waals surface area (Å²) < 4.78 is 0. The third-order valence-electron chi connectivity index (χ3n) is 2.30. The predicted molar refractivity (Wildman–Crippen MR) is 69.7 cm³/mol. The maximum Gasteiger partial charge on any atom is 0.326 e. The van der Waals surface area contributed by atoms with Crippen LogP contribution in [0.2, 0.25) is 0 Å². The topological polar surface area (TPSA) is 142 Å². The number of carbonyl (C=O) groups is 4. The van der Waals surface area contributed by atoms with Crippen molar-refractivity contribution in [2.45, 2.75) is 25.8 Å². The monoisotopic (exact) mass is 288 g/mol. The van der Waals surface area contributed by atoms with Gasteiger partial charge in [0.1, 0.15) is 12.6 Å². The Bertz CT molecular complexity index is 385. The first-order valence-corrected chi connectivity index (χ1v) is 6.07. The molecule has 0 rings (SSSR count). The molecule has 9 nitrogen and oxygen atoms in total. The van der Waals surface area contributed by atoms with Gasteiger partial charge in [-0.25, -0.2) is 9.59 Å². The molecule has 114 valence electrons. The zero-order valence-corrected chi connectivity index (χ0v) is 11.5. The first-order chi connectivity index (χ1) is 9.27. The second-order valence-electron chi connectivity index (χ2n) is 4.22. The molecule has 9 heteroatoms. The maximum absolute atomic E-state index is 11.7. The summed E-state index contributed by atoms with van der Waals surface area (Å²) in [5.41, 5.74) is 4.89. The average molecular weight is 288 g/mol. The molecule has 0 spiro atoms. The Labute approximate surface area is 116 Å². The highest BCUT2D eigenvalue weighted by atomic mass is 16.4. The molecule has 0 unspecified atom stereocenters. The summed E-state index contributed by atoms with van der Waals surface area (Å²) in [5.74, 6) is -2.58. The molecule has 0 heterocycles. The fourth-order valence-electron chi connectivity index (χ4n) is 1.27. The largest absolute Gasteiger partial charge is 0.480 e. The molecule has 0 aliphatic heterocycles. The van der Waals surface area contributed by atoms with E-state index < -0.39 is 30.4 Å². The second-order valence-corrected chi connectivity index (χ2v) is 4.22. The molecule has 0 aromatic heterocycles. The van der Waals surface area contributed by atoms with Crippen LogP contribution in [0.15, 0.2) is 0 Å². The van der Waals surface area contributed by atoms with Gasteiger partial charge in [-0.2, -0.15) is 0 Å². The van der Waals surface area contributed by atoms with Gasteiger partial charge in [-0.1, -0.05) is 6.92 Å². The number of nitrogens with one attached hydrogen (secondary N) is 2. The molecule has 0 aromatic carbocycles. The third kappa shape index (κ3) is 7.19. The number of carboxylic acid groups (broad SMARTS) is 1. The van der Waals surface area contributed by atoms with Crippen LogP contribution in [-0.4, -0.2) is 60.0 Å². The van der Waals surface area contributed by atoms with Crippen molar-refractivity contribution in [1.29, 1.82) is 0 Å². The Kier molecular flexibility index (Phi) is 7.71. The molecular formula is C11H20N4O5. The summed E-state index contributed by atoms with van der Waals surface area (Å²) >= 11 is 0. The molecule has 0 saturated heterocycles. The van der Waals surface area contributed by atoms with Crippen molar-refractivity contribution in [3.8, 4) is 0 Å². The molecule has 0 aliphatic carbocycles. The number of likely N-dealkylation sites (N-methyl/N-ethyl adjacent to an activating group) is 1. The fourth-order valence-corrected chi connectivity index (χ4v) is 1.27. The Morgan fingerprint density at radius 3 is 2.35 bits per heavy atom. The van der Waals surface area contributed by atoms with Gasteiger partial charge in [0.25, 0.3) is 0 Å². The van der Waals surface area contributed by atoms with Crippen LogP contribution in [-0.2, 0) is 14.4 Å². The number of carbonyl (C=O) groups excluding carboxylic acids is 3. The van der Waals surface area contributed by atoms with Crippen LogP contribution in [0.1, 0.15) is 19.8 Å². The van der Waals surface area contributed by atoms with E-state index in [9.17, 15) is 19.2 Å². The first kappa shape index (κ1) is 17.7. The van der Waals surface area contributed by atoms with Crippen LogP contribution in [0, 0.1) is 0 Å². The van der Waals surface area contributed by atoms with E-state index in [1.807, 2.05) is 6.92 Å². The van der Waals surface area contributed by atoms with Gasteiger partial charge in [0.2, 0.25) is 11.8 Å². The molecule has 5 N–H and O–H groups in total. The molecule has 0 saturated carbocycles. The van der Waals surface area contributed by atoms with E-state index in [-0.39, 0.29) is 12.5 Å². The van der Waals surface area contributed by atoms with Gasteiger partial charge in [-0.05, 0) is 6.42 Å². The zero-order valence-electron chi connectivity index (χ0n) is 11.5. The summed E-state index contributed by atoms with van der Waals surface area (Å²) in [6.45, 7) is 2.17. The van der Waals surface area contributed by atoms with Crippen molar-refractivity contribution < 1.29 is 24.3 Å². The van der Waals surface area contributed by atoms with Gasteiger partial charge in [0, 0.05) is 13.6 Å². The van der Waals surface area contributed by atoms with Crippen molar-refractivity contribution in [3.05, 3.63) is 0 Å². The number of aliphatic carboxylic acids is 1. The van der Waals surface area contributed by atoms with Gasteiger partial charge in [-0.3, -0.25) is 9.59 Å². The summed E-state index contributed by atoms with van der Waals surface area (Å²) in [7, 11) is 1.34. The van der Waals surface area contributed by atoms with Crippen LogP contribution in [0.3, 0.4) is 0 Å². The smallest absolute Gasteiger partial charge is 0.326 e. The number of urea groups is 1. The lowest BCUT2D eigenvalue weighted by molar-refractivity contribution is -0.140.